The molecule has 8 nitrogen and oxygen atoms in total. The van der Waals surface area contributed by atoms with E-state index in [-0.39, 0.29) is 48.0 Å². The van der Waals surface area contributed by atoms with Crippen molar-refractivity contribution < 1.29 is 33.9 Å². The first-order chi connectivity index (χ1) is 11.3. The van der Waals surface area contributed by atoms with Crippen molar-refractivity contribution in [3.05, 3.63) is 23.3 Å². The van der Waals surface area contributed by atoms with Gasteiger partial charge < -0.3 is 29.6 Å². The topological polar surface area (TPSA) is 122 Å². The Kier molecular flexibility index (Phi) is 5.45. The third kappa shape index (κ3) is 3.86. The fraction of sp³-hybridized carbons (Fsp3) is 0.400. The van der Waals surface area contributed by atoms with E-state index in [0.717, 1.165) is 0 Å². The second-order valence-corrected chi connectivity index (χ2v) is 5.52. The molecule has 2 rings (SSSR count). The summed E-state index contributed by atoms with van der Waals surface area (Å²) in [6.45, 7) is 1.39. The Balaban J connectivity index is 2.19. The minimum Gasteiger partial charge on any atom is -0.534 e. The van der Waals surface area contributed by atoms with Crippen LogP contribution in [0.1, 0.15) is 35.7 Å². The molecule has 1 aliphatic heterocycles. The number of ether oxygens (including phenoxy) is 1. The average molecular weight is 335 g/mol. The quantitative estimate of drug-likeness (QED) is 0.635. The van der Waals surface area contributed by atoms with Gasteiger partial charge >= 0.3 is 13.1 Å². The van der Waals surface area contributed by atoms with E-state index in [4.69, 9.17) is 9.39 Å². The summed E-state index contributed by atoms with van der Waals surface area (Å²) >= 11 is 0. The van der Waals surface area contributed by atoms with Gasteiger partial charge in [0.15, 0.2) is 0 Å². The van der Waals surface area contributed by atoms with Crippen LogP contribution in [-0.2, 0) is 16.0 Å². The van der Waals surface area contributed by atoms with E-state index >= 15 is 0 Å². The zero-order valence-electron chi connectivity index (χ0n) is 13.4. The number of hydrogen-bond donors (Lipinski definition) is 3. The summed E-state index contributed by atoms with van der Waals surface area (Å²) < 4.78 is 10.3. The maximum Gasteiger partial charge on any atom is 0.547 e. The van der Waals surface area contributed by atoms with Crippen molar-refractivity contribution in [1.29, 1.82) is 0 Å². The lowest BCUT2D eigenvalue weighted by atomic mass is 9.72. The van der Waals surface area contributed by atoms with E-state index in [1.165, 1.54) is 20.1 Å². The predicted octanol–water partition coefficient (Wildman–Crippen LogP) is 0.202. The molecule has 0 saturated heterocycles. The summed E-state index contributed by atoms with van der Waals surface area (Å²) in [5.41, 5.74) is 0.366. The first-order valence-corrected chi connectivity index (χ1v) is 7.40. The number of aromatic carboxylic acids is 1. The molecule has 0 aliphatic carbocycles. The Bertz CT molecular complexity index is 676. The first-order valence-electron chi connectivity index (χ1n) is 7.40. The average Bonchev–Trinajstić information content (AvgIpc) is 2.52. The maximum absolute atomic E-state index is 11.8. The summed E-state index contributed by atoms with van der Waals surface area (Å²) in [4.78, 5) is 34.1. The fourth-order valence-corrected chi connectivity index (χ4v) is 2.51. The summed E-state index contributed by atoms with van der Waals surface area (Å²) in [6.07, 6.45) is 0.341. The number of rotatable bonds is 6. The fourth-order valence-electron chi connectivity index (χ4n) is 2.51. The van der Waals surface area contributed by atoms with Crippen molar-refractivity contribution in [3.8, 4) is 11.5 Å². The molecule has 9 heteroatoms. The van der Waals surface area contributed by atoms with E-state index in [1.807, 2.05) is 0 Å². The number of ketones is 1. The smallest absolute Gasteiger partial charge is 0.534 e. The van der Waals surface area contributed by atoms with Gasteiger partial charge in [-0.1, -0.05) is 6.07 Å². The highest BCUT2D eigenvalue weighted by Gasteiger charge is 2.38. The van der Waals surface area contributed by atoms with Crippen LogP contribution in [0.5, 0.6) is 11.5 Å². The van der Waals surface area contributed by atoms with E-state index in [9.17, 15) is 24.5 Å². The summed E-state index contributed by atoms with van der Waals surface area (Å²) in [5, 5.41) is 22.0. The monoisotopic (exact) mass is 335 g/mol. The number of fused-ring (bicyclic) bond motifs is 1. The number of hydrogen-bond acceptors (Lipinski definition) is 6. The van der Waals surface area contributed by atoms with Crippen LogP contribution in [0.15, 0.2) is 12.1 Å². The molecule has 3 N–H and O–H groups in total. The number of amides is 1. The van der Waals surface area contributed by atoms with Gasteiger partial charge in [0, 0.05) is 12.8 Å². The molecule has 0 radical (unpaired) electrons. The molecule has 1 aliphatic rings. The van der Waals surface area contributed by atoms with Crippen molar-refractivity contribution in [2.75, 3.05) is 7.11 Å². The molecule has 0 bridgehead atoms. The van der Waals surface area contributed by atoms with Crippen molar-refractivity contribution in [2.24, 2.45) is 0 Å². The van der Waals surface area contributed by atoms with Gasteiger partial charge in [0.2, 0.25) is 5.91 Å². The number of carbonyl (C=O) groups is 3. The molecule has 0 aromatic heterocycles. The summed E-state index contributed by atoms with van der Waals surface area (Å²) in [6, 6.07) is 3.12. The van der Waals surface area contributed by atoms with Crippen LogP contribution in [-0.4, -0.2) is 48.0 Å². The van der Waals surface area contributed by atoms with Gasteiger partial charge in [-0.15, -0.1) is 0 Å². The van der Waals surface area contributed by atoms with Gasteiger partial charge in [-0.3, -0.25) is 4.79 Å². The summed E-state index contributed by atoms with van der Waals surface area (Å²) in [5.74, 6) is -2.30. The van der Waals surface area contributed by atoms with Crippen molar-refractivity contribution >= 4 is 24.8 Å². The lowest BCUT2D eigenvalue weighted by Gasteiger charge is -2.29. The number of Topliss-reactive ketones (excluding diaryl/α,β-unsaturated/α-hetero) is 1. The van der Waals surface area contributed by atoms with E-state index in [2.05, 4.69) is 5.32 Å². The van der Waals surface area contributed by atoms with Gasteiger partial charge in [-0.25, -0.2) is 4.79 Å². The van der Waals surface area contributed by atoms with Crippen LogP contribution in [0.2, 0.25) is 0 Å². The van der Waals surface area contributed by atoms with E-state index in [1.54, 1.807) is 6.07 Å². The molecule has 1 amide bonds. The van der Waals surface area contributed by atoms with E-state index < -0.39 is 19.0 Å². The van der Waals surface area contributed by atoms with Crippen molar-refractivity contribution in [2.45, 2.75) is 32.1 Å². The Labute approximate surface area is 138 Å². The van der Waals surface area contributed by atoms with Gasteiger partial charge in [-0.05, 0) is 25.0 Å². The number of nitrogens with one attached hydrogen (secondary N) is 1. The molecule has 0 unspecified atom stereocenters. The number of carboxylic acids is 1. The third-order valence-corrected chi connectivity index (χ3v) is 3.71. The largest absolute Gasteiger partial charge is 0.547 e. The van der Waals surface area contributed by atoms with Crippen LogP contribution < -0.4 is 14.7 Å². The number of carbonyl (C=O) groups excluding carboxylic acids is 2. The highest BCUT2D eigenvalue weighted by atomic mass is 16.5. The minimum atomic E-state index is -1.40. The Morgan fingerprint density at radius 2 is 2.08 bits per heavy atom. The maximum atomic E-state index is 11.8. The molecule has 1 aromatic carbocycles. The second-order valence-electron chi connectivity index (χ2n) is 5.52. The molecular formula is C15H18BNO7. The number of methoxy groups -OCH3 is 1. The van der Waals surface area contributed by atoms with Crippen LogP contribution in [0.3, 0.4) is 0 Å². The van der Waals surface area contributed by atoms with Crippen LogP contribution >= 0.6 is 0 Å². The predicted molar refractivity (Wildman–Crippen MR) is 84.1 cm³/mol. The Hall–Kier alpha value is -2.55. The third-order valence-electron chi connectivity index (χ3n) is 3.71. The van der Waals surface area contributed by atoms with Crippen LogP contribution in [0, 0.1) is 0 Å². The number of benzene rings is 1. The van der Waals surface area contributed by atoms with E-state index in [0.29, 0.717) is 5.56 Å². The number of carboxylic acid groups (broad SMARTS) is 1. The van der Waals surface area contributed by atoms with Gasteiger partial charge in [0.05, 0.1) is 13.1 Å². The highest BCUT2D eigenvalue weighted by molar-refractivity contribution is 6.47. The molecule has 0 fully saturated rings. The lowest BCUT2D eigenvalue weighted by molar-refractivity contribution is -0.124. The SMILES string of the molecule is COc1ccc2c(c1C(=O)O)OB(O)[C@@H](NC(=O)CCC(C)=O)C2. The highest BCUT2D eigenvalue weighted by Crippen LogP contribution is 2.36. The van der Waals surface area contributed by atoms with Crippen molar-refractivity contribution in [1.82, 2.24) is 5.32 Å². The first kappa shape index (κ1) is 17.8. The van der Waals surface area contributed by atoms with Gasteiger partial charge in [0.1, 0.15) is 22.8 Å². The molecule has 1 aromatic rings. The summed E-state index contributed by atoms with van der Waals surface area (Å²) in [7, 11) is -0.0603. The lowest BCUT2D eigenvalue weighted by Crippen LogP contribution is -2.53. The minimum absolute atomic E-state index is 0.0222. The molecule has 24 heavy (non-hydrogen) atoms. The van der Waals surface area contributed by atoms with Crippen molar-refractivity contribution in [3.63, 3.8) is 0 Å². The van der Waals surface area contributed by atoms with Gasteiger partial charge in [0.25, 0.3) is 0 Å². The molecule has 0 saturated carbocycles. The zero-order valence-corrected chi connectivity index (χ0v) is 13.4. The van der Waals surface area contributed by atoms with Crippen LogP contribution in [0.25, 0.3) is 0 Å². The molecule has 1 heterocycles. The molecule has 1 atom stereocenters. The van der Waals surface area contributed by atoms with Gasteiger partial charge in [-0.2, -0.15) is 0 Å². The standard InChI is InChI=1S/C15H18BNO7/c1-8(18)3-6-12(19)17-11-7-9-4-5-10(23-2)13(15(20)21)14(9)24-16(11)22/h4-5,11,22H,3,6-7H2,1-2H3,(H,17,19)(H,20,21)/t11-/m0/s1. The molecule has 128 valence electrons. The Morgan fingerprint density at radius 3 is 2.67 bits per heavy atom. The zero-order chi connectivity index (χ0) is 17.9. The molecular weight excluding hydrogens is 317 g/mol. The molecule has 0 spiro atoms. The second kappa shape index (κ2) is 7.35. The normalized spacial score (nSPS) is 16.0. The van der Waals surface area contributed by atoms with Crippen LogP contribution in [0.4, 0.5) is 0 Å². The Morgan fingerprint density at radius 1 is 1.38 bits per heavy atom.